The Bertz CT molecular complexity index is 1520. The van der Waals surface area contributed by atoms with Crippen molar-refractivity contribution < 1.29 is 17.5 Å². The van der Waals surface area contributed by atoms with Crippen LogP contribution in [0.25, 0.3) is 5.76 Å². The van der Waals surface area contributed by atoms with E-state index in [0.29, 0.717) is 16.8 Å². The summed E-state index contributed by atoms with van der Waals surface area (Å²) >= 11 is 0. The fourth-order valence-electron chi connectivity index (χ4n) is 4.44. The predicted molar refractivity (Wildman–Crippen MR) is 127 cm³/mol. The fourth-order valence-corrected chi connectivity index (χ4v) is 6.36. The molecule has 2 heterocycles. The van der Waals surface area contributed by atoms with Crippen LogP contribution in [-0.4, -0.2) is 8.42 Å². The lowest BCUT2D eigenvalue weighted by atomic mass is 9.88. The summed E-state index contributed by atoms with van der Waals surface area (Å²) in [6.07, 6.45) is 0. The molecule has 0 unspecified atom stereocenters. The minimum Gasteiger partial charge on any atom is -0.439 e. The summed E-state index contributed by atoms with van der Waals surface area (Å²) in [7, 11) is -4.17. The summed E-state index contributed by atoms with van der Waals surface area (Å²) in [6.45, 7) is 2.03. The summed E-state index contributed by atoms with van der Waals surface area (Å²) < 4.78 is 49.1. The van der Waals surface area contributed by atoms with Crippen molar-refractivity contribution in [2.24, 2.45) is 5.73 Å². The number of benzene rings is 3. The Morgan fingerprint density at radius 3 is 2.53 bits per heavy atom. The quantitative estimate of drug-likeness (QED) is 0.597. The summed E-state index contributed by atoms with van der Waals surface area (Å²) in [5, 5.41) is 9.86. The molecule has 0 aliphatic carbocycles. The van der Waals surface area contributed by atoms with Crippen molar-refractivity contribution in [3.8, 4) is 6.07 Å². The molecule has 3 aromatic carbocycles. The lowest BCUT2D eigenvalue weighted by Crippen LogP contribution is -2.39. The number of hydrogen-bond donors (Lipinski definition) is 1. The Kier molecular flexibility index (Phi) is 5.14. The number of halogens is 1. The van der Waals surface area contributed by atoms with Gasteiger partial charge in [-0.05, 0) is 42.3 Å². The van der Waals surface area contributed by atoms with Crippen LogP contribution in [0.1, 0.15) is 28.2 Å². The molecule has 0 amide bonds. The summed E-state index contributed by atoms with van der Waals surface area (Å²) in [6, 6.07) is 22.0. The maximum absolute atomic E-state index is 14.2. The lowest BCUT2D eigenvalue weighted by molar-refractivity contribution is 0.357. The Balaban J connectivity index is 1.76. The molecular formula is C26H20FN3O3S. The molecule has 170 valence electrons. The predicted octanol–water partition coefficient (Wildman–Crippen LogP) is 4.66. The number of hydrogen-bond acceptors (Lipinski definition) is 5. The molecule has 0 saturated carbocycles. The molecular weight excluding hydrogens is 453 g/mol. The van der Waals surface area contributed by atoms with Crippen LogP contribution in [0.5, 0.6) is 0 Å². The fraction of sp³-hybridized carbons (Fsp3) is 0.115. The van der Waals surface area contributed by atoms with Crippen LogP contribution < -0.4 is 10.0 Å². The smallest absolute Gasteiger partial charge is 0.265 e. The second-order valence-corrected chi connectivity index (χ2v) is 10.0. The number of nitrogens with zero attached hydrogens (tertiary/aromatic N) is 2. The number of anilines is 1. The minimum absolute atomic E-state index is 0.0381. The Morgan fingerprint density at radius 1 is 1.09 bits per heavy atom. The average molecular weight is 474 g/mol. The standard InChI is InChI=1S/C26H20FN3O3S/c1-16-5-4-6-17(13-16)15-30-22-8-3-2-7-20(22)24-25(34(30,31)32)23(21(14-28)26(29)33-24)18-9-11-19(27)12-10-18/h2-13,23H,15,29H2,1H3/t23-/m0/s1. The van der Waals surface area contributed by atoms with Crippen LogP contribution in [0.2, 0.25) is 0 Å². The summed E-state index contributed by atoms with van der Waals surface area (Å²) in [4.78, 5) is -0.0868. The van der Waals surface area contributed by atoms with E-state index < -0.39 is 21.8 Å². The molecule has 2 N–H and O–H groups in total. The monoisotopic (exact) mass is 473 g/mol. The third-order valence-electron chi connectivity index (χ3n) is 5.97. The molecule has 2 aliphatic rings. The number of rotatable bonds is 3. The maximum atomic E-state index is 14.2. The second-order valence-electron chi connectivity index (χ2n) is 8.19. The van der Waals surface area contributed by atoms with Gasteiger partial charge in [-0.25, -0.2) is 12.8 Å². The van der Waals surface area contributed by atoms with Crippen molar-refractivity contribution in [1.29, 1.82) is 5.26 Å². The molecule has 0 saturated heterocycles. The van der Waals surface area contributed by atoms with Gasteiger partial charge < -0.3 is 10.5 Å². The molecule has 3 aromatic rings. The maximum Gasteiger partial charge on any atom is 0.265 e. The van der Waals surface area contributed by atoms with E-state index >= 15 is 0 Å². The van der Waals surface area contributed by atoms with E-state index in [1.165, 1.54) is 28.6 Å². The highest BCUT2D eigenvalue weighted by Crippen LogP contribution is 2.51. The van der Waals surface area contributed by atoms with Crippen molar-refractivity contribution in [3.05, 3.63) is 117 Å². The first-order valence-corrected chi connectivity index (χ1v) is 12.0. The lowest BCUT2D eigenvalue weighted by Gasteiger charge is -2.38. The number of aryl methyl sites for hydroxylation is 1. The molecule has 0 radical (unpaired) electrons. The van der Waals surface area contributed by atoms with E-state index in [0.717, 1.165) is 11.1 Å². The Labute approximate surface area is 197 Å². The summed E-state index contributed by atoms with van der Waals surface area (Å²) in [5.74, 6) is -1.60. The minimum atomic E-state index is -4.17. The molecule has 1 atom stereocenters. The second kappa shape index (κ2) is 8.04. The van der Waals surface area contributed by atoms with Gasteiger partial charge >= 0.3 is 0 Å². The van der Waals surface area contributed by atoms with E-state index in [1.54, 1.807) is 24.3 Å². The third kappa shape index (κ3) is 3.42. The zero-order valence-electron chi connectivity index (χ0n) is 18.2. The molecule has 0 spiro atoms. The van der Waals surface area contributed by atoms with Crippen LogP contribution >= 0.6 is 0 Å². The van der Waals surface area contributed by atoms with Crippen molar-refractivity contribution in [1.82, 2.24) is 0 Å². The zero-order valence-corrected chi connectivity index (χ0v) is 19.0. The van der Waals surface area contributed by atoms with Crippen LogP contribution in [0.4, 0.5) is 10.1 Å². The van der Waals surface area contributed by atoms with E-state index in [1.807, 2.05) is 37.3 Å². The van der Waals surface area contributed by atoms with E-state index in [9.17, 15) is 18.1 Å². The number of ether oxygens (including phenoxy) is 1. The van der Waals surface area contributed by atoms with Crippen LogP contribution in [0.15, 0.2) is 89.2 Å². The van der Waals surface area contributed by atoms with Crippen LogP contribution in [-0.2, 0) is 21.3 Å². The number of sulfonamides is 1. The van der Waals surface area contributed by atoms with Crippen molar-refractivity contribution in [2.75, 3.05) is 4.31 Å². The Hall–Kier alpha value is -4.09. The average Bonchev–Trinajstić information content (AvgIpc) is 2.81. The van der Waals surface area contributed by atoms with E-state index in [2.05, 4.69) is 0 Å². The normalized spacial score (nSPS) is 18.6. The van der Waals surface area contributed by atoms with Gasteiger partial charge in [0.2, 0.25) is 5.88 Å². The number of para-hydroxylation sites is 1. The summed E-state index contributed by atoms with van der Waals surface area (Å²) in [5.41, 5.74) is 9.30. The van der Waals surface area contributed by atoms with Gasteiger partial charge in [0.05, 0.1) is 18.2 Å². The molecule has 34 heavy (non-hydrogen) atoms. The zero-order chi connectivity index (χ0) is 24.0. The first kappa shape index (κ1) is 21.7. The van der Waals surface area contributed by atoms with Gasteiger partial charge in [0.15, 0.2) is 5.76 Å². The highest BCUT2D eigenvalue weighted by molar-refractivity contribution is 7.96. The highest BCUT2D eigenvalue weighted by atomic mass is 32.2. The number of allylic oxidation sites excluding steroid dienone is 2. The first-order chi connectivity index (χ1) is 16.3. The topological polar surface area (TPSA) is 96.4 Å². The molecule has 0 fully saturated rings. The van der Waals surface area contributed by atoms with Crippen LogP contribution in [0.3, 0.4) is 0 Å². The molecule has 0 bridgehead atoms. The highest BCUT2D eigenvalue weighted by Gasteiger charge is 2.47. The SMILES string of the molecule is Cc1cccc(CN2c3ccccc3C3=C([C@@H](c4ccc(F)cc4)C(C#N)=C(N)O3)S2(=O)=O)c1. The number of nitrogens with two attached hydrogens (primary N) is 1. The molecule has 8 heteroatoms. The number of nitriles is 1. The molecule has 2 aliphatic heterocycles. The van der Waals surface area contributed by atoms with Gasteiger partial charge in [0, 0.05) is 5.56 Å². The third-order valence-corrected chi connectivity index (χ3v) is 7.85. The van der Waals surface area contributed by atoms with E-state index in [4.69, 9.17) is 10.5 Å². The number of fused-ring (bicyclic) bond motifs is 2. The largest absolute Gasteiger partial charge is 0.439 e. The first-order valence-electron chi connectivity index (χ1n) is 10.6. The molecule has 0 aromatic heterocycles. The van der Waals surface area contributed by atoms with Gasteiger partial charge in [-0.3, -0.25) is 4.31 Å². The van der Waals surface area contributed by atoms with Crippen LogP contribution in [0, 0.1) is 24.1 Å². The van der Waals surface area contributed by atoms with Gasteiger partial charge in [-0.2, -0.15) is 5.26 Å². The Morgan fingerprint density at radius 2 is 1.82 bits per heavy atom. The van der Waals surface area contributed by atoms with Gasteiger partial charge in [-0.1, -0.05) is 54.1 Å². The van der Waals surface area contributed by atoms with Gasteiger partial charge in [0.25, 0.3) is 10.0 Å². The van der Waals surface area contributed by atoms with Crippen molar-refractivity contribution in [3.63, 3.8) is 0 Å². The van der Waals surface area contributed by atoms with Crippen molar-refractivity contribution >= 4 is 21.5 Å². The van der Waals surface area contributed by atoms with Gasteiger partial charge in [0.1, 0.15) is 22.4 Å². The molecule has 5 rings (SSSR count). The van der Waals surface area contributed by atoms with Gasteiger partial charge in [-0.15, -0.1) is 0 Å². The van der Waals surface area contributed by atoms with E-state index in [-0.39, 0.29) is 28.7 Å². The molecule has 6 nitrogen and oxygen atoms in total. The van der Waals surface area contributed by atoms with Crippen molar-refractivity contribution in [2.45, 2.75) is 19.4 Å².